The van der Waals surface area contributed by atoms with E-state index in [-0.39, 0.29) is 0 Å². The zero-order chi connectivity index (χ0) is 15.9. The second-order valence-electron chi connectivity index (χ2n) is 4.66. The molecule has 0 aliphatic heterocycles. The van der Waals surface area contributed by atoms with Gasteiger partial charge in [-0.1, -0.05) is 25.1 Å². The molecule has 2 aromatic rings. The Labute approximate surface area is 130 Å². The Morgan fingerprint density at radius 2 is 1.77 bits per heavy atom. The second-order valence-corrected chi connectivity index (χ2v) is 4.66. The summed E-state index contributed by atoms with van der Waals surface area (Å²) in [5.74, 6) is 0.998. The van der Waals surface area contributed by atoms with E-state index in [9.17, 15) is 4.79 Å². The number of esters is 1. The summed E-state index contributed by atoms with van der Waals surface area (Å²) in [7, 11) is 1.52. The molecule has 0 saturated heterocycles. The fraction of sp³-hybridized carbons (Fsp3) is 0.278. The summed E-state index contributed by atoms with van der Waals surface area (Å²) in [4.78, 5) is 12.3. The van der Waals surface area contributed by atoms with Gasteiger partial charge < -0.3 is 14.2 Å². The van der Waals surface area contributed by atoms with Crippen molar-refractivity contribution in [3.63, 3.8) is 0 Å². The van der Waals surface area contributed by atoms with E-state index in [4.69, 9.17) is 14.2 Å². The van der Waals surface area contributed by atoms with Gasteiger partial charge in [0, 0.05) is 0 Å². The van der Waals surface area contributed by atoms with Crippen LogP contribution in [-0.2, 0) is 6.42 Å². The molecule has 0 saturated carbocycles. The van der Waals surface area contributed by atoms with E-state index in [1.54, 1.807) is 30.3 Å². The van der Waals surface area contributed by atoms with E-state index in [1.807, 2.05) is 19.1 Å². The highest BCUT2D eigenvalue weighted by Crippen LogP contribution is 2.30. The largest absolute Gasteiger partial charge is 0.496 e. The van der Waals surface area contributed by atoms with Gasteiger partial charge in [0.2, 0.25) is 0 Å². The monoisotopic (exact) mass is 300 g/mol. The van der Waals surface area contributed by atoms with Crippen LogP contribution >= 0.6 is 0 Å². The lowest BCUT2D eigenvalue weighted by Gasteiger charge is -2.13. The first-order valence-electron chi connectivity index (χ1n) is 7.30. The molecule has 0 unspecified atom stereocenters. The van der Waals surface area contributed by atoms with Crippen LogP contribution in [0.2, 0.25) is 0 Å². The number of aryl methyl sites for hydroxylation is 1. The normalized spacial score (nSPS) is 10.1. The van der Waals surface area contributed by atoms with E-state index in [0.29, 0.717) is 29.4 Å². The minimum atomic E-state index is -0.470. The summed E-state index contributed by atoms with van der Waals surface area (Å²) in [6.45, 7) is 4.46. The van der Waals surface area contributed by atoms with Gasteiger partial charge in [-0.15, -0.1) is 0 Å². The van der Waals surface area contributed by atoms with Crippen molar-refractivity contribution in [2.45, 2.75) is 20.3 Å². The van der Waals surface area contributed by atoms with E-state index in [0.717, 1.165) is 12.0 Å². The van der Waals surface area contributed by atoms with Gasteiger partial charge in [0.25, 0.3) is 0 Å². The second kappa shape index (κ2) is 7.50. The Balaban J connectivity index is 2.27. The Hall–Kier alpha value is -2.49. The number of ether oxygens (including phenoxy) is 3. The average Bonchev–Trinajstić information content (AvgIpc) is 2.56. The Morgan fingerprint density at radius 3 is 2.45 bits per heavy atom. The molecular formula is C18H20O4. The maximum atomic E-state index is 12.3. The van der Waals surface area contributed by atoms with Crippen LogP contribution in [0.4, 0.5) is 0 Å². The van der Waals surface area contributed by atoms with Gasteiger partial charge >= 0.3 is 5.97 Å². The highest BCUT2D eigenvalue weighted by molar-refractivity contribution is 5.94. The molecular weight excluding hydrogens is 280 g/mol. The fourth-order valence-electron chi connectivity index (χ4n) is 2.09. The third-order valence-electron chi connectivity index (χ3n) is 3.25. The van der Waals surface area contributed by atoms with Crippen molar-refractivity contribution in [1.82, 2.24) is 0 Å². The lowest BCUT2D eigenvalue weighted by atomic mass is 10.1. The number of hydrogen-bond acceptors (Lipinski definition) is 4. The topological polar surface area (TPSA) is 44.8 Å². The molecule has 22 heavy (non-hydrogen) atoms. The van der Waals surface area contributed by atoms with Gasteiger partial charge in [0.05, 0.1) is 13.7 Å². The van der Waals surface area contributed by atoms with Gasteiger partial charge in [-0.25, -0.2) is 4.79 Å². The molecule has 4 heteroatoms. The van der Waals surface area contributed by atoms with Crippen LogP contribution in [0.3, 0.4) is 0 Å². The molecule has 0 aromatic heterocycles. The maximum Gasteiger partial charge on any atom is 0.347 e. The zero-order valence-electron chi connectivity index (χ0n) is 13.1. The molecule has 0 aliphatic rings. The number of rotatable bonds is 6. The molecule has 0 radical (unpaired) electrons. The first kappa shape index (κ1) is 15.9. The van der Waals surface area contributed by atoms with Gasteiger partial charge in [0.1, 0.15) is 11.3 Å². The number of carbonyl (C=O) groups is 1. The fourth-order valence-corrected chi connectivity index (χ4v) is 2.09. The van der Waals surface area contributed by atoms with Crippen LogP contribution in [0.1, 0.15) is 29.8 Å². The molecule has 2 aromatic carbocycles. The lowest BCUT2D eigenvalue weighted by Crippen LogP contribution is -2.11. The predicted octanol–water partition coefficient (Wildman–Crippen LogP) is 3.88. The van der Waals surface area contributed by atoms with Crippen molar-refractivity contribution < 1.29 is 19.0 Å². The molecule has 0 heterocycles. The molecule has 2 rings (SSSR count). The smallest absolute Gasteiger partial charge is 0.347 e. The molecule has 0 fully saturated rings. The highest BCUT2D eigenvalue weighted by atomic mass is 16.6. The minimum Gasteiger partial charge on any atom is -0.496 e. The molecule has 0 spiro atoms. The van der Waals surface area contributed by atoms with Gasteiger partial charge in [-0.3, -0.25) is 0 Å². The van der Waals surface area contributed by atoms with Gasteiger partial charge in [0.15, 0.2) is 11.5 Å². The van der Waals surface area contributed by atoms with E-state index < -0.39 is 5.97 Å². The summed E-state index contributed by atoms with van der Waals surface area (Å²) < 4.78 is 16.2. The predicted molar refractivity (Wildman–Crippen MR) is 84.9 cm³/mol. The number of carbonyl (C=O) groups excluding carboxylic acids is 1. The summed E-state index contributed by atoms with van der Waals surface area (Å²) in [5.41, 5.74) is 1.51. The van der Waals surface area contributed by atoms with Gasteiger partial charge in [-0.2, -0.15) is 0 Å². The standard InChI is InChI=1S/C18H20O4/c1-4-13-10-11-16(17(12-13)21-5-2)22-18(19)14-8-6-7-9-15(14)20-3/h6-12H,4-5H2,1-3H3. The third-order valence-corrected chi connectivity index (χ3v) is 3.25. The lowest BCUT2D eigenvalue weighted by molar-refractivity contribution is 0.0725. The molecule has 0 aliphatic carbocycles. The first-order chi connectivity index (χ1) is 10.7. The van der Waals surface area contributed by atoms with Crippen molar-refractivity contribution in [2.24, 2.45) is 0 Å². The highest BCUT2D eigenvalue weighted by Gasteiger charge is 2.16. The van der Waals surface area contributed by atoms with E-state index in [1.165, 1.54) is 7.11 Å². The van der Waals surface area contributed by atoms with E-state index >= 15 is 0 Å². The summed E-state index contributed by atoms with van der Waals surface area (Å²) in [6.07, 6.45) is 0.890. The SMILES string of the molecule is CCOc1cc(CC)ccc1OC(=O)c1ccccc1OC. The maximum absolute atomic E-state index is 12.3. The van der Waals surface area contributed by atoms with Crippen LogP contribution < -0.4 is 14.2 Å². The summed E-state index contributed by atoms with van der Waals surface area (Å²) >= 11 is 0. The Kier molecular flexibility index (Phi) is 5.42. The Morgan fingerprint density at radius 1 is 1.00 bits per heavy atom. The third kappa shape index (κ3) is 3.58. The molecule has 0 bridgehead atoms. The van der Waals surface area contributed by atoms with Crippen molar-refractivity contribution in [3.8, 4) is 17.2 Å². The van der Waals surface area contributed by atoms with Crippen molar-refractivity contribution >= 4 is 5.97 Å². The summed E-state index contributed by atoms with van der Waals surface area (Å²) in [6, 6.07) is 12.5. The van der Waals surface area contributed by atoms with Crippen LogP contribution in [0.25, 0.3) is 0 Å². The van der Waals surface area contributed by atoms with Crippen LogP contribution in [0, 0.1) is 0 Å². The Bertz CT molecular complexity index is 649. The molecule has 4 nitrogen and oxygen atoms in total. The molecule has 116 valence electrons. The van der Waals surface area contributed by atoms with Crippen LogP contribution in [0.15, 0.2) is 42.5 Å². The average molecular weight is 300 g/mol. The number of benzene rings is 2. The van der Waals surface area contributed by atoms with E-state index in [2.05, 4.69) is 6.92 Å². The molecule has 0 atom stereocenters. The molecule has 0 N–H and O–H groups in total. The first-order valence-corrected chi connectivity index (χ1v) is 7.30. The van der Waals surface area contributed by atoms with Crippen LogP contribution in [-0.4, -0.2) is 19.7 Å². The van der Waals surface area contributed by atoms with Crippen molar-refractivity contribution in [1.29, 1.82) is 0 Å². The van der Waals surface area contributed by atoms with Crippen molar-refractivity contribution in [3.05, 3.63) is 53.6 Å². The molecule has 0 amide bonds. The van der Waals surface area contributed by atoms with Gasteiger partial charge in [-0.05, 0) is 43.2 Å². The van der Waals surface area contributed by atoms with Crippen molar-refractivity contribution in [2.75, 3.05) is 13.7 Å². The zero-order valence-corrected chi connectivity index (χ0v) is 13.1. The number of para-hydroxylation sites is 1. The number of hydrogen-bond donors (Lipinski definition) is 0. The minimum absolute atomic E-state index is 0.381. The number of methoxy groups -OCH3 is 1. The summed E-state index contributed by atoms with van der Waals surface area (Å²) in [5, 5.41) is 0. The quantitative estimate of drug-likeness (QED) is 0.600. The van der Waals surface area contributed by atoms with Crippen LogP contribution in [0.5, 0.6) is 17.2 Å².